The first-order chi connectivity index (χ1) is 10.2. The molecule has 1 fully saturated rings. The maximum Gasteiger partial charge on any atom is 0.129 e. The van der Waals surface area contributed by atoms with Crippen LogP contribution in [0.25, 0.3) is 0 Å². The van der Waals surface area contributed by atoms with Crippen LogP contribution in [0.15, 0.2) is 48.5 Å². The van der Waals surface area contributed by atoms with Crippen molar-refractivity contribution in [2.75, 3.05) is 6.54 Å². The average molecular weight is 287 g/mol. The molecule has 1 saturated carbocycles. The third-order valence-electron chi connectivity index (χ3n) is 4.01. The van der Waals surface area contributed by atoms with Crippen molar-refractivity contribution in [2.24, 2.45) is 0 Å². The van der Waals surface area contributed by atoms with E-state index in [9.17, 15) is 8.78 Å². The van der Waals surface area contributed by atoms with Gasteiger partial charge in [0, 0.05) is 24.1 Å². The van der Waals surface area contributed by atoms with E-state index < -0.39 is 11.6 Å². The number of rotatable bonds is 6. The molecule has 2 aromatic carbocycles. The van der Waals surface area contributed by atoms with Gasteiger partial charge in [0.05, 0.1) is 0 Å². The van der Waals surface area contributed by atoms with Crippen LogP contribution in [-0.2, 0) is 6.42 Å². The lowest BCUT2D eigenvalue weighted by Crippen LogP contribution is -2.25. The Morgan fingerprint density at radius 3 is 2.24 bits per heavy atom. The lowest BCUT2D eigenvalue weighted by Gasteiger charge is -2.19. The quantitative estimate of drug-likeness (QED) is 0.845. The molecule has 1 nitrogen and oxygen atoms in total. The third-order valence-corrected chi connectivity index (χ3v) is 4.01. The maximum atomic E-state index is 13.9. The van der Waals surface area contributed by atoms with Crippen molar-refractivity contribution in [3.05, 3.63) is 71.3 Å². The van der Waals surface area contributed by atoms with E-state index in [0.29, 0.717) is 12.5 Å². The van der Waals surface area contributed by atoms with Gasteiger partial charge in [-0.3, -0.25) is 0 Å². The summed E-state index contributed by atoms with van der Waals surface area (Å²) < 4.78 is 27.8. The molecule has 0 saturated heterocycles. The highest BCUT2D eigenvalue weighted by atomic mass is 19.1. The second-order valence-corrected chi connectivity index (χ2v) is 5.69. The molecule has 0 heterocycles. The molecule has 3 heteroatoms. The topological polar surface area (TPSA) is 12.0 Å². The molecular formula is C18H19F2N. The summed E-state index contributed by atoms with van der Waals surface area (Å²) in [5.41, 5.74) is 1.30. The number of hydrogen-bond acceptors (Lipinski definition) is 1. The van der Waals surface area contributed by atoms with E-state index in [0.717, 1.165) is 12.1 Å². The van der Waals surface area contributed by atoms with E-state index in [1.807, 2.05) is 30.3 Å². The molecule has 0 spiro atoms. The molecule has 3 rings (SSSR count). The fourth-order valence-electron chi connectivity index (χ4n) is 2.60. The van der Waals surface area contributed by atoms with Crippen LogP contribution >= 0.6 is 0 Å². The van der Waals surface area contributed by atoms with Crippen LogP contribution in [0.4, 0.5) is 8.78 Å². The average Bonchev–Trinajstić information content (AvgIpc) is 3.31. The first kappa shape index (κ1) is 14.2. The van der Waals surface area contributed by atoms with Gasteiger partial charge in [0.25, 0.3) is 0 Å². The lowest BCUT2D eigenvalue weighted by molar-refractivity contribution is 0.518. The zero-order valence-electron chi connectivity index (χ0n) is 11.9. The predicted octanol–water partition coefficient (Wildman–Crippen LogP) is 4.04. The van der Waals surface area contributed by atoms with Gasteiger partial charge < -0.3 is 5.32 Å². The van der Waals surface area contributed by atoms with Gasteiger partial charge in [-0.1, -0.05) is 36.4 Å². The SMILES string of the molecule is Fc1cccc(F)c1CC(CNC1CC1)c1ccccc1. The van der Waals surface area contributed by atoms with Gasteiger partial charge in [-0.05, 0) is 37.0 Å². The summed E-state index contributed by atoms with van der Waals surface area (Å²) in [4.78, 5) is 0. The van der Waals surface area contributed by atoms with Crippen molar-refractivity contribution < 1.29 is 8.78 Å². The molecule has 0 aromatic heterocycles. The number of nitrogens with one attached hydrogen (secondary N) is 1. The molecule has 0 amide bonds. The molecule has 21 heavy (non-hydrogen) atoms. The Bertz CT molecular complexity index is 573. The minimum absolute atomic E-state index is 0.0817. The van der Waals surface area contributed by atoms with Crippen LogP contribution in [-0.4, -0.2) is 12.6 Å². The highest BCUT2D eigenvalue weighted by Gasteiger charge is 2.23. The van der Waals surface area contributed by atoms with Crippen molar-refractivity contribution in [1.29, 1.82) is 0 Å². The summed E-state index contributed by atoms with van der Waals surface area (Å²) in [7, 11) is 0. The number of hydrogen-bond donors (Lipinski definition) is 1. The Morgan fingerprint density at radius 2 is 1.62 bits per heavy atom. The van der Waals surface area contributed by atoms with Gasteiger partial charge in [0.15, 0.2) is 0 Å². The highest BCUT2D eigenvalue weighted by Crippen LogP contribution is 2.26. The largest absolute Gasteiger partial charge is 0.313 e. The standard InChI is InChI=1S/C18H19F2N/c19-17-7-4-8-18(20)16(17)11-14(12-21-15-9-10-15)13-5-2-1-3-6-13/h1-8,14-15,21H,9-12H2. The molecule has 1 unspecified atom stereocenters. The second-order valence-electron chi connectivity index (χ2n) is 5.69. The van der Waals surface area contributed by atoms with Crippen molar-refractivity contribution in [3.8, 4) is 0 Å². The molecule has 1 atom stereocenters. The van der Waals surface area contributed by atoms with Crippen LogP contribution in [0.3, 0.4) is 0 Å². The van der Waals surface area contributed by atoms with E-state index in [1.165, 1.54) is 31.0 Å². The number of halogens is 2. The normalized spacial score (nSPS) is 15.9. The summed E-state index contributed by atoms with van der Waals surface area (Å²) in [5, 5.41) is 3.47. The zero-order chi connectivity index (χ0) is 14.7. The molecule has 2 aromatic rings. The Labute approximate surface area is 124 Å². The molecule has 1 aliphatic carbocycles. The molecule has 0 radical (unpaired) electrons. The molecule has 1 N–H and O–H groups in total. The predicted molar refractivity (Wildman–Crippen MR) is 80.3 cm³/mol. The first-order valence-corrected chi connectivity index (χ1v) is 7.45. The van der Waals surface area contributed by atoms with Crippen LogP contribution in [0.2, 0.25) is 0 Å². The van der Waals surface area contributed by atoms with Crippen molar-refractivity contribution in [3.63, 3.8) is 0 Å². The van der Waals surface area contributed by atoms with Gasteiger partial charge in [-0.15, -0.1) is 0 Å². The molecule has 0 bridgehead atoms. The number of benzene rings is 2. The van der Waals surface area contributed by atoms with Crippen molar-refractivity contribution >= 4 is 0 Å². The Balaban J connectivity index is 1.81. The summed E-state index contributed by atoms with van der Waals surface area (Å²) in [6, 6.07) is 14.6. The fraction of sp³-hybridized carbons (Fsp3) is 0.333. The summed E-state index contributed by atoms with van der Waals surface area (Å²) in [6.07, 6.45) is 2.79. The summed E-state index contributed by atoms with van der Waals surface area (Å²) in [5.74, 6) is -0.831. The Morgan fingerprint density at radius 1 is 0.952 bits per heavy atom. The molecule has 0 aliphatic heterocycles. The minimum atomic E-state index is -0.456. The van der Waals surface area contributed by atoms with Gasteiger partial charge in [0.2, 0.25) is 0 Å². The van der Waals surface area contributed by atoms with E-state index in [-0.39, 0.29) is 11.5 Å². The van der Waals surface area contributed by atoms with Crippen molar-refractivity contribution in [1.82, 2.24) is 5.32 Å². The highest BCUT2D eigenvalue weighted by molar-refractivity contribution is 5.26. The van der Waals surface area contributed by atoms with Crippen LogP contribution in [0, 0.1) is 11.6 Å². The first-order valence-electron chi connectivity index (χ1n) is 7.45. The van der Waals surface area contributed by atoms with Gasteiger partial charge in [0.1, 0.15) is 11.6 Å². The summed E-state index contributed by atoms with van der Waals surface area (Å²) in [6.45, 7) is 0.752. The molecular weight excluding hydrogens is 268 g/mol. The van der Waals surface area contributed by atoms with Crippen molar-refractivity contribution in [2.45, 2.75) is 31.2 Å². The van der Waals surface area contributed by atoms with Crippen LogP contribution in [0.5, 0.6) is 0 Å². The van der Waals surface area contributed by atoms with Crippen LogP contribution < -0.4 is 5.32 Å². The zero-order valence-corrected chi connectivity index (χ0v) is 11.9. The molecule has 110 valence electrons. The maximum absolute atomic E-state index is 13.9. The van der Waals surface area contributed by atoms with E-state index in [4.69, 9.17) is 0 Å². The Kier molecular flexibility index (Phi) is 4.30. The Hall–Kier alpha value is -1.74. The second kappa shape index (κ2) is 6.35. The van der Waals surface area contributed by atoms with Gasteiger partial charge in [-0.25, -0.2) is 8.78 Å². The van der Waals surface area contributed by atoms with E-state index >= 15 is 0 Å². The lowest BCUT2D eigenvalue weighted by atomic mass is 9.91. The van der Waals surface area contributed by atoms with E-state index in [1.54, 1.807) is 0 Å². The minimum Gasteiger partial charge on any atom is -0.313 e. The monoisotopic (exact) mass is 287 g/mol. The third kappa shape index (κ3) is 3.67. The van der Waals surface area contributed by atoms with E-state index in [2.05, 4.69) is 5.32 Å². The van der Waals surface area contributed by atoms with Gasteiger partial charge >= 0.3 is 0 Å². The fourth-order valence-corrected chi connectivity index (χ4v) is 2.60. The molecule has 1 aliphatic rings. The smallest absolute Gasteiger partial charge is 0.129 e. The summed E-state index contributed by atoms with van der Waals surface area (Å²) >= 11 is 0. The van der Waals surface area contributed by atoms with Crippen LogP contribution in [0.1, 0.15) is 29.9 Å². The van der Waals surface area contributed by atoms with Gasteiger partial charge in [-0.2, -0.15) is 0 Å².